The number of nitrogens with zero attached hydrogens (tertiary/aromatic N) is 2. The minimum atomic E-state index is -1.03. The number of halogens is 1. The van der Waals surface area contributed by atoms with Crippen LogP contribution < -0.4 is 10.1 Å². The molecule has 0 aliphatic heterocycles. The van der Waals surface area contributed by atoms with Crippen molar-refractivity contribution in [2.75, 3.05) is 12.4 Å². The second-order valence-corrected chi connectivity index (χ2v) is 6.86. The average Bonchev–Trinajstić information content (AvgIpc) is 3.16. The molecule has 144 valence electrons. The van der Waals surface area contributed by atoms with Gasteiger partial charge >= 0.3 is 5.97 Å². The number of benzene rings is 1. The second kappa shape index (κ2) is 8.81. The first-order valence-corrected chi connectivity index (χ1v) is 9.46. The number of pyridine rings is 1. The predicted molar refractivity (Wildman–Crippen MR) is 107 cm³/mol. The summed E-state index contributed by atoms with van der Waals surface area (Å²) in [7, 11) is 1.59. The van der Waals surface area contributed by atoms with E-state index in [4.69, 9.17) is 21.1 Å². The Hall–Kier alpha value is -2.97. The average molecular weight is 418 g/mol. The Morgan fingerprint density at radius 2 is 2.07 bits per heavy atom. The maximum atomic E-state index is 12.3. The van der Waals surface area contributed by atoms with Crippen LogP contribution in [0.3, 0.4) is 0 Å². The van der Waals surface area contributed by atoms with Crippen LogP contribution in [0.2, 0.25) is 5.15 Å². The number of methoxy groups -OCH3 is 1. The van der Waals surface area contributed by atoms with Gasteiger partial charge in [-0.05, 0) is 31.2 Å². The highest BCUT2D eigenvalue weighted by molar-refractivity contribution is 7.14. The SMILES string of the molecule is COc1cccc(-c2csc(NC(=O)C(C)OC(=O)c3cccnc3Cl)n2)c1. The van der Waals surface area contributed by atoms with Crippen molar-refractivity contribution in [1.29, 1.82) is 0 Å². The van der Waals surface area contributed by atoms with Gasteiger partial charge in [0.1, 0.15) is 10.9 Å². The molecule has 3 rings (SSSR count). The van der Waals surface area contributed by atoms with E-state index in [0.717, 1.165) is 5.56 Å². The van der Waals surface area contributed by atoms with Crippen LogP contribution in [-0.4, -0.2) is 35.1 Å². The van der Waals surface area contributed by atoms with Gasteiger partial charge in [0, 0.05) is 17.1 Å². The number of hydrogen-bond acceptors (Lipinski definition) is 7. The Labute approximate surface area is 170 Å². The molecule has 0 bridgehead atoms. The molecule has 2 heterocycles. The molecule has 1 amide bonds. The van der Waals surface area contributed by atoms with Gasteiger partial charge < -0.3 is 9.47 Å². The van der Waals surface area contributed by atoms with Crippen molar-refractivity contribution in [1.82, 2.24) is 9.97 Å². The third kappa shape index (κ3) is 4.65. The molecule has 28 heavy (non-hydrogen) atoms. The molecule has 0 aliphatic rings. The molecule has 2 aromatic heterocycles. The van der Waals surface area contributed by atoms with Gasteiger partial charge in [-0.25, -0.2) is 14.8 Å². The lowest BCUT2D eigenvalue weighted by molar-refractivity contribution is -0.123. The van der Waals surface area contributed by atoms with Crippen molar-refractivity contribution < 1.29 is 19.1 Å². The van der Waals surface area contributed by atoms with Gasteiger partial charge in [-0.2, -0.15) is 0 Å². The van der Waals surface area contributed by atoms with E-state index in [9.17, 15) is 9.59 Å². The summed E-state index contributed by atoms with van der Waals surface area (Å²) >= 11 is 7.13. The fourth-order valence-electron chi connectivity index (χ4n) is 2.27. The van der Waals surface area contributed by atoms with Crippen molar-refractivity contribution in [3.63, 3.8) is 0 Å². The number of carbonyl (C=O) groups is 2. The molecule has 7 nitrogen and oxygen atoms in total. The molecular formula is C19H16ClN3O4S. The summed E-state index contributed by atoms with van der Waals surface area (Å²) in [6.45, 7) is 1.47. The molecule has 0 radical (unpaired) electrons. The normalized spacial score (nSPS) is 11.5. The van der Waals surface area contributed by atoms with E-state index in [2.05, 4.69) is 15.3 Å². The van der Waals surface area contributed by atoms with Crippen molar-refractivity contribution in [3.05, 3.63) is 58.7 Å². The van der Waals surface area contributed by atoms with Gasteiger partial charge in [0.25, 0.3) is 5.91 Å². The van der Waals surface area contributed by atoms with E-state index >= 15 is 0 Å². The molecule has 0 saturated heterocycles. The zero-order valence-corrected chi connectivity index (χ0v) is 16.6. The predicted octanol–water partition coefficient (Wildman–Crippen LogP) is 4.05. The zero-order valence-electron chi connectivity index (χ0n) is 15.0. The number of hydrogen-bond donors (Lipinski definition) is 1. The van der Waals surface area contributed by atoms with Crippen LogP contribution in [0, 0.1) is 0 Å². The molecule has 0 saturated carbocycles. The van der Waals surface area contributed by atoms with E-state index in [1.54, 1.807) is 13.2 Å². The van der Waals surface area contributed by atoms with Gasteiger partial charge in [0.15, 0.2) is 11.2 Å². The highest BCUT2D eigenvalue weighted by Gasteiger charge is 2.21. The molecule has 1 N–H and O–H groups in total. The highest BCUT2D eigenvalue weighted by atomic mass is 35.5. The molecule has 1 atom stereocenters. The van der Waals surface area contributed by atoms with Crippen LogP contribution in [0.5, 0.6) is 5.75 Å². The van der Waals surface area contributed by atoms with Crippen molar-refractivity contribution in [3.8, 4) is 17.0 Å². The number of aromatic nitrogens is 2. The summed E-state index contributed by atoms with van der Waals surface area (Å²) in [4.78, 5) is 32.7. The van der Waals surface area contributed by atoms with E-state index in [1.807, 2.05) is 29.6 Å². The molecule has 9 heteroatoms. The first kappa shape index (κ1) is 19.8. The fraction of sp³-hybridized carbons (Fsp3) is 0.158. The monoisotopic (exact) mass is 417 g/mol. The summed E-state index contributed by atoms with van der Waals surface area (Å²) in [6, 6.07) is 10.5. The first-order valence-electron chi connectivity index (χ1n) is 8.20. The molecule has 1 unspecified atom stereocenters. The quantitative estimate of drug-likeness (QED) is 0.480. The smallest absolute Gasteiger partial charge is 0.342 e. The number of carbonyl (C=O) groups excluding carboxylic acids is 2. The van der Waals surface area contributed by atoms with Crippen LogP contribution >= 0.6 is 22.9 Å². The molecule has 3 aromatic rings. The summed E-state index contributed by atoms with van der Waals surface area (Å²) in [5, 5.41) is 4.87. The Morgan fingerprint density at radius 1 is 1.25 bits per heavy atom. The molecular weight excluding hydrogens is 402 g/mol. The van der Waals surface area contributed by atoms with Gasteiger partial charge in [-0.3, -0.25) is 10.1 Å². The van der Waals surface area contributed by atoms with Gasteiger partial charge in [0.2, 0.25) is 0 Å². The van der Waals surface area contributed by atoms with Gasteiger partial charge in [0.05, 0.1) is 18.4 Å². The van der Waals surface area contributed by atoms with Gasteiger partial charge in [-0.15, -0.1) is 11.3 Å². The van der Waals surface area contributed by atoms with Gasteiger partial charge in [-0.1, -0.05) is 23.7 Å². The number of esters is 1. The number of anilines is 1. The number of ether oxygens (including phenoxy) is 2. The third-order valence-corrected chi connectivity index (χ3v) is 4.79. The lowest BCUT2D eigenvalue weighted by Crippen LogP contribution is -2.30. The molecule has 1 aromatic carbocycles. The van der Waals surface area contributed by atoms with Crippen molar-refractivity contribution in [2.24, 2.45) is 0 Å². The molecule has 0 fully saturated rings. The topological polar surface area (TPSA) is 90.4 Å². The number of nitrogens with one attached hydrogen (secondary N) is 1. The van der Waals surface area contributed by atoms with Crippen LogP contribution in [0.1, 0.15) is 17.3 Å². The number of amides is 1. The van der Waals surface area contributed by atoms with Crippen molar-refractivity contribution in [2.45, 2.75) is 13.0 Å². The minimum Gasteiger partial charge on any atom is -0.497 e. The molecule has 0 spiro atoms. The largest absolute Gasteiger partial charge is 0.497 e. The van der Waals surface area contributed by atoms with E-state index in [1.165, 1.54) is 30.5 Å². The number of thiazole rings is 1. The lowest BCUT2D eigenvalue weighted by Gasteiger charge is -2.12. The Morgan fingerprint density at radius 3 is 2.82 bits per heavy atom. The fourth-order valence-corrected chi connectivity index (χ4v) is 3.19. The van der Waals surface area contributed by atoms with E-state index in [-0.39, 0.29) is 10.7 Å². The Balaban J connectivity index is 1.64. The summed E-state index contributed by atoms with van der Waals surface area (Å²) in [5.74, 6) is -0.512. The maximum absolute atomic E-state index is 12.3. The Kier molecular flexibility index (Phi) is 6.23. The standard InChI is InChI=1S/C19H16ClN3O4S/c1-11(27-18(25)14-7-4-8-21-16(14)20)17(24)23-19-22-15(10-28-19)12-5-3-6-13(9-12)26-2/h3-11H,1-2H3,(H,22,23,24). The van der Waals surface area contributed by atoms with Crippen LogP contribution in [0.4, 0.5) is 5.13 Å². The first-order chi connectivity index (χ1) is 13.5. The summed E-state index contributed by atoms with van der Waals surface area (Å²) in [6.07, 6.45) is 0.422. The van der Waals surface area contributed by atoms with E-state index in [0.29, 0.717) is 16.6 Å². The van der Waals surface area contributed by atoms with Crippen LogP contribution in [-0.2, 0) is 9.53 Å². The van der Waals surface area contributed by atoms with Crippen LogP contribution in [0.25, 0.3) is 11.3 Å². The highest BCUT2D eigenvalue weighted by Crippen LogP contribution is 2.27. The Bertz CT molecular complexity index is 1010. The maximum Gasteiger partial charge on any atom is 0.342 e. The van der Waals surface area contributed by atoms with Crippen molar-refractivity contribution >= 4 is 39.9 Å². The molecule has 0 aliphatic carbocycles. The summed E-state index contributed by atoms with van der Waals surface area (Å²) in [5.41, 5.74) is 1.66. The van der Waals surface area contributed by atoms with E-state index < -0.39 is 18.0 Å². The third-order valence-electron chi connectivity index (χ3n) is 3.73. The second-order valence-electron chi connectivity index (χ2n) is 5.65. The minimum absolute atomic E-state index is 0.0166. The number of rotatable bonds is 6. The van der Waals surface area contributed by atoms with Crippen LogP contribution in [0.15, 0.2) is 48.0 Å². The summed E-state index contributed by atoms with van der Waals surface area (Å²) < 4.78 is 10.4. The lowest BCUT2D eigenvalue weighted by atomic mass is 10.2. The zero-order chi connectivity index (χ0) is 20.1.